The Balaban J connectivity index is 4.74. The van der Waals surface area contributed by atoms with E-state index in [1.165, 1.54) is 38.5 Å². The largest absolute Gasteiger partial charge is 0.472 e. The summed E-state index contributed by atoms with van der Waals surface area (Å²) in [4.78, 5) is 52.8. The Morgan fingerprint density at radius 1 is 0.516 bits per heavy atom. The van der Waals surface area contributed by atoms with Gasteiger partial charge in [-0.1, -0.05) is 143 Å². The minimum Gasteiger partial charge on any atom is -0.462 e. The Morgan fingerprint density at radius 3 is 1.56 bits per heavy atom. The number of ether oxygens (including phenoxy) is 2. The van der Waals surface area contributed by atoms with Gasteiger partial charge >= 0.3 is 27.6 Å². The van der Waals surface area contributed by atoms with Crippen molar-refractivity contribution in [3.8, 4) is 0 Å². The molecule has 0 radical (unpaired) electrons. The van der Waals surface area contributed by atoms with Crippen LogP contribution in [0.2, 0.25) is 0 Å². The van der Waals surface area contributed by atoms with E-state index in [4.69, 9.17) is 23.8 Å². The lowest BCUT2D eigenvalue weighted by molar-refractivity contribution is -0.161. The molecule has 0 rings (SSSR count). The second-order valence-corrected chi connectivity index (χ2v) is 17.9. The Morgan fingerprint density at radius 2 is 1.00 bits per heavy atom. The van der Waals surface area contributed by atoms with Crippen LogP contribution in [-0.2, 0) is 41.8 Å². The van der Waals surface area contributed by atoms with Crippen LogP contribution in [0.25, 0.3) is 0 Å². The number of phosphoric ester groups is 2. The zero-order valence-corrected chi connectivity index (χ0v) is 40.2. The number of unbranched alkanes of at least 4 members (excludes halogenated alkanes) is 10. The number of rotatable bonds is 42. The molecule has 64 heavy (non-hydrogen) atoms. The predicted molar refractivity (Wildman–Crippen MR) is 254 cm³/mol. The molecule has 0 fully saturated rings. The van der Waals surface area contributed by atoms with Gasteiger partial charge in [0.25, 0.3) is 0 Å². The second-order valence-electron chi connectivity index (χ2n) is 15.2. The normalized spacial score (nSPS) is 15.3. The molecule has 0 amide bonds. The van der Waals surface area contributed by atoms with E-state index >= 15 is 0 Å². The fourth-order valence-electron chi connectivity index (χ4n) is 5.46. The summed E-state index contributed by atoms with van der Waals surface area (Å²) in [5, 5.41) is 19.9. The average Bonchev–Trinajstić information content (AvgIpc) is 3.25. The summed E-state index contributed by atoms with van der Waals surface area (Å²) in [6, 6.07) is 0. The van der Waals surface area contributed by atoms with Crippen molar-refractivity contribution in [1.29, 1.82) is 0 Å². The van der Waals surface area contributed by atoms with Crippen LogP contribution in [0.4, 0.5) is 0 Å². The number of aliphatic hydroxyl groups excluding tert-OH is 2. The molecule has 5 N–H and O–H groups in total. The summed E-state index contributed by atoms with van der Waals surface area (Å²) < 4.78 is 47.7. The molecule has 0 bridgehead atoms. The van der Waals surface area contributed by atoms with Crippen LogP contribution in [-0.4, -0.2) is 81.6 Å². The Bertz CT molecular complexity index is 1510. The highest BCUT2D eigenvalue weighted by molar-refractivity contribution is 7.47. The number of phosphoric acid groups is 2. The number of hydrogen-bond donors (Lipinski definition) is 5. The maximum atomic E-state index is 12.7. The van der Waals surface area contributed by atoms with Crippen LogP contribution in [0, 0.1) is 0 Å². The summed E-state index contributed by atoms with van der Waals surface area (Å²) in [6.45, 7) is 1.49. The molecule has 366 valence electrons. The van der Waals surface area contributed by atoms with Gasteiger partial charge in [0, 0.05) is 12.8 Å². The second kappa shape index (κ2) is 42.6. The minimum atomic E-state index is -4.89. The van der Waals surface area contributed by atoms with Gasteiger partial charge in [-0.05, 0) is 89.9 Å². The van der Waals surface area contributed by atoms with Crippen molar-refractivity contribution in [3.63, 3.8) is 0 Å². The Labute approximate surface area is 383 Å². The molecule has 0 saturated carbocycles. The van der Waals surface area contributed by atoms with Gasteiger partial charge in [-0.3, -0.25) is 23.2 Å². The molecule has 0 aliphatic heterocycles. The van der Waals surface area contributed by atoms with Crippen molar-refractivity contribution < 1.29 is 66.7 Å². The molecule has 0 spiro atoms. The van der Waals surface area contributed by atoms with Gasteiger partial charge in [0.05, 0.1) is 25.9 Å². The van der Waals surface area contributed by atoms with Gasteiger partial charge in [0.1, 0.15) is 12.7 Å². The van der Waals surface area contributed by atoms with Gasteiger partial charge in [0.15, 0.2) is 6.10 Å². The van der Waals surface area contributed by atoms with Gasteiger partial charge in [-0.2, -0.15) is 0 Å². The zero-order valence-electron chi connectivity index (χ0n) is 38.5. The van der Waals surface area contributed by atoms with E-state index in [9.17, 15) is 33.8 Å². The van der Waals surface area contributed by atoms with Gasteiger partial charge in [-0.15, -0.1) is 0 Å². The van der Waals surface area contributed by atoms with Crippen molar-refractivity contribution in [2.45, 2.75) is 167 Å². The van der Waals surface area contributed by atoms with E-state index in [2.05, 4.69) is 83.7 Å². The minimum absolute atomic E-state index is 0.0473. The zero-order chi connectivity index (χ0) is 47.4. The first-order valence-electron chi connectivity index (χ1n) is 23.0. The first-order valence-corrected chi connectivity index (χ1v) is 26.1. The summed E-state index contributed by atoms with van der Waals surface area (Å²) in [6.07, 6.45) is 47.1. The van der Waals surface area contributed by atoms with Crippen LogP contribution < -0.4 is 0 Å². The van der Waals surface area contributed by atoms with Crippen LogP contribution in [0.5, 0.6) is 0 Å². The van der Waals surface area contributed by atoms with Gasteiger partial charge in [0.2, 0.25) is 0 Å². The standard InChI is InChI=1S/C48H80O14P2/c1-3-5-7-9-11-13-14-15-16-17-18-19-20-21-22-24-26-30-35-39-48(52)62-46(43-61-64(56,57)60-41-45(50)40-59-63(53,54)55)42-58-47(51)38-34-31-27-29-33-37-44(49)36-32-28-25-23-12-10-8-6-4-2/h11-13,15-16,18-19,21-23,27-29,32-33,37,44-46,49-50H,3-10,14,17,20,24-26,30-31,34-36,38-43H2,1-2H3,(H,56,57)(H2,53,54,55)/b13-11-,16-15-,19-18-,22-21-,23-12-,29-27+,32-28-,37-33-/t44?,45-,46+/m0/s1. The van der Waals surface area contributed by atoms with E-state index in [-0.39, 0.29) is 12.8 Å². The van der Waals surface area contributed by atoms with Crippen molar-refractivity contribution in [3.05, 3.63) is 97.2 Å². The molecule has 0 saturated heterocycles. The molecular formula is C48H80O14P2. The third kappa shape index (κ3) is 45.6. The quantitative estimate of drug-likeness (QED) is 0.0127. The number of carbonyl (C=O) groups excluding carboxylic acids is 2. The molecule has 2 unspecified atom stereocenters. The van der Waals surface area contributed by atoms with E-state index in [0.717, 1.165) is 57.8 Å². The summed E-state index contributed by atoms with van der Waals surface area (Å²) in [7, 11) is -9.74. The van der Waals surface area contributed by atoms with Crippen LogP contribution in [0.15, 0.2) is 97.2 Å². The number of carbonyl (C=O) groups is 2. The number of aliphatic hydroxyl groups is 2. The molecular weight excluding hydrogens is 862 g/mol. The number of esters is 2. The third-order valence-corrected chi connectivity index (χ3v) is 10.5. The van der Waals surface area contributed by atoms with Crippen LogP contribution in [0.1, 0.15) is 149 Å². The molecule has 4 atom stereocenters. The topological polar surface area (TPSA) is 216 Å². The average molecular weight is 943 g/mol. The molecule has 14 nitrogen and oxygen atoms in total. The SMILES string of the molecule is CCCCC/C=C\C/C=C\C/C=C\C/C=C\CCCCCC(=O)O[C@H](COC(=O)CCC/C=C/C=C\C(O)C/C=C\C/C=C\CCCCC)COP(=O)(O)OC[C@@H](O)COP(=O)(O)O. The lowest BCUT2D eigenvalue weighted by Gasteiger charge is -2.20. The molecule has 0 aromatic carbocycles. The monoisotopic (exact) mass is 943 g/mol. The fraction of sp³-hybridized carbons (Fsp3) is 0.625. The van der Waals surface area contributed by atoms with Crippen molar-refractivity contribution in [2.75, 3.05) is 26.4 Å². The molecule has 0 aromatic rings. The summed E-state index contributed by atoms with van der Waals surface area (Å²) >= 11 is 0. The first-order chi connectivity index (χ1) is 30.8. The molecule has 16 heteroatoms. The van der Waals surface area contributed by atoms with Gasteiger partial charge in [-0.25, -0.2) is 9.13 Å². The van der Waals surface area contributed by atoms with Crippen molar-refractivity contribution in [1.82, 2.24) is 0 Å². The predicted octanol–water partition coefficient (Wildman–Crippen LogP) is 11.1. The first kappa shape index (κ1) is 61.0. The van der Waals surface area contributed by atoms with Crippen molar-refractivity contribution >= 4 is 27.6 Å². The molecule has 0 aliphatic carbocycles. The van der Waals surface area contributed by atoms with E-state index in [1.54, 1.807) is 18.2 Å². The van der Waals surface area contributed by atoms with E-state index in [1.807, 2.05) is 18.2 Å². The van der Waals surface area contributed by atoms with E-state index in [0.29, 0.717) is 25.7 Å². The fourth-order valence-corrected chi connectivity index (χ4v) is 6.62. The number of hydrogen-bond acceptors (Lipinski definition) is 11. The van der Waals surface area contributed by atoms with Crippen molar-refractivity contribution in [2.24, 2.45) is 0 Å². The molecule has 0 aliphatic rings. The highest BCUT2D eigenvalue weighted by Crippen LogP contribution is 2.43. The van der Waals surface area contributed by atoms with Gasteiger partial charge < -0.3 is 34.4 Å². The Hall–Kier alpha value is -3.00. The maximum Gasteiger partial charge on any atom is 0.472 e. The highest BCUT2D eigenvalue weighted by atomic mass is 31.2. The lowest BCUT2D eigenvalue weighted by atomic mass is 10.1. The maximum absolute atomic E-state index is 12.7. The van der Waals surface area contributed by atoms with E-state index < -0.39 is 72.3 Å². The molecule has 0 aromatic heterocycles. The Kier molecular flexibility index (Phi) is 40.6. The third-order valence-electron chi connectivity index (χ3n) is 9.02. The smallest absolute Gasteiger partial charge is 0.462 e. The molecule has 0 heterocycles. The van der Waals surface area contributed by atoms with Crippen LogP contribution in [0.3, 0.4) is 0 Å². The van der Waals surface area contributed by atoms with Crippen LogP contribution >= 0.6 is 15.6 Å². The lowest BCUT2D eigenvalue weighted by Crippen LogP contribution is -2.30. The number of allylic oxidation sites excluding steroid dienone is 14. The summed E-state index contributed by atoms with van der Waals surface area (Å²) in [5.41, 5.74) is 0. The highest BCUT2D eigenvalue weighted by Gasteiger charge is 2.28. The summed E-state index contributed by atoms with van der Waals surface area (Å²) in [5.74, 6) is -1.21.